The third-order valence-electron chi connectivity index (χ3n) is 6.94. The summed E-state index contributed by atoms with van der Waals surface area (Å²) in [6.07, 6.45) is 5.13. The Labute approximate surface area is 146 Å². The summed E-state index contributed by atoms with van der Waals surface area (Å²) in [6.45, 7) is 10.9. The van der Waals surface area contributed by atoms with Gasteiger partial charge in [-0.15, -0.1) is 0 Å². The SMILES string of the molecule is CCCCC12C[NH+]3CC(C)(C[NH+](C1)C3c1ccc(CC)cc1)C2=O. The van der Waals surface area contributed by atoms with E-state index in [-0.39, 0.29) is 10.8 Å². The molecule has 2 unspecified atom stereocenters. The second-order valence-electron chi connectivity index (χ2n) is 8.83. The highest BCUT2D eigenvalue weighted by atomic mass is 16.1. The fourth-order valence-corrected chi connectivity index (χ4v) is 6.00. The van der Waals surface area contributed by atoms with Crippen LogP contribution in [0.3, 0.4) is 0 Å². The molecule has 1 aromatic rings. The molecule has 0 spiro atoms. The molecule has 4 aliphatic heterocycles. The van der Waals surface area contributed by atoms with Crippen LogP contribution in [0.4, 0.5) is 0 Å². The number of quaternary nitrogens is 2. The quantitative estimate of drug-likeness (QED) is 0.822. The minimum absolute atomic E-state index is 0.0359. The molecule has 4 aliphatic rings. The number of hydrogen-bond donors (Lipinski definition) is 2. The molecule has 130 valence electrons. The van der Waals surface area contributed by atoms with Crippen LogP contribution in [0.15, 0.2) is 24.3 Å². The van der Waals surface area contributed by atoms with Crippen LogP contribution in [0.25, 0.3) is 0 Å². The number of benzene rings is 1. The van der Waals surface area contributed by atoms with Crippen LogP contribution in [-0.4, -0.2) is 32.0 Å². The van der Waals surface area contributed by atoms with E-state index in [2.05, 4.69) is 45.0 Å². The van der Waals surface area contributed by atoms with E-state index in [0.29, 0.717) is 11.9 Å². The van der Waals surface area contributed by atoms with Gasteiger partial charge >= 0.3 is 0 Å². The third kappa shape index (κ3) is 2.28. The molecule has 3 nitrogen and oxygen atoms in total. The first-order valence-corrected chi connectivity index (χ1v) is 9.84. The standard InChI is InChI=1S/C21H30N2O/c1-4-6-11-21-14-22-12-20(3,19(21)24)13-23(15-21)18(22)17-9-7-16(5-2)8-10-17/h7-10,18H,4-6,11-15H2,1-3H3/p+2. The molecule has 2 N–H and O–H groups in total. The Balaban J connectivity index is 1.65. The minimum Gasteiger partial charge on any atom is -0.297 e. The van der Waals surface area contributed by atoms with Gasteiger partial charge in [0.2, 0.25) is 6.17 Å². The Morgan fingerprint density at radius 1 is 1.04 bits per heavy atom. The molecule has 0 radical (unpaired) electrons. The van der Waals surface area contributed by atoms with E-state index in [4.69, 9.17) is 0 Å². The Hall–Kier alpha value is -1.19. The van der Waals surface area contributed by atoms with Crippen LogP contribution in [0.1, 0.15) is 57.3 Å². The Morgan fingerprint density at radius 3 is 2.21 bits per heavy atom. The van der Waals surface area contributed by atoms with Crippen molar-refractivity contribution in [1.82, 2.24) is 0 Å². The molecule has 1 aromatic carbocycles. The molecular weight excluding hydrogens is 296 g/mol. The van der Waals surface area contributed by atoms with Gasteiger partial charge in [0.1, 0.15) is 23.9 Å². The van der Waals surface area contributed by atoms with Crippen molar-refractivity contribution in [1.29, 1.82) is 0 Å². The number of carbonyl (C=O) groups excluding carboxylic acids is 1. The summed E-state index contributed by atoms with van der Waals surface area (Å²) in [5.74, 6) is 0.593. The van der Waals surface area contributed by atoms with E-state index < -0.39 is 0 Å². The van der Waals surface area contributed by atoms with Crippen LogP contribution in [0.5, 0.6) is 0 Å². The molecule has 4 heterocycles. The zero-order chi connectivity index (χ0) is 16.9. The highest BCUT2D eigenvalue weighted by Gasteiger charge is 2.69. The maximum atomic E-state index is 13.2. The van der Waals surface area contributed by atoms with E-state index in [1.165, 1.54) is 24.0 Å². The smallest absolute Gasteiger partial charge is 0.240 e. The zero-order valence-electron chi connectivity index (χ0n) is 15.5. The average molecular weight is 329 g/mol. The van der Waals surface area contributed by atoms with Crippen LogP contribution < -0.4 is 9.80 Å². The number of rotatable bonds is 5. The first kappa shape index (κ1) is 16.3. The van der Waals surface area contributed by atoms with Crippen molar-refractivity contribution in [3.8, 4) is 0 Å². The first-order valence-electron chi connectivity index (χ1n) is 9.84. The normalized spacial score (nSPS) is 40.3. The van der Waals surface area contributed by atoms with Crippen molar-refractivity contribution >= 4 is 5.78 Å². The van der Waals surface area contributed by atoms with E-state index in [0.717, 1.165) is 39.0 Å². The topological polar surface area (TPSA) is 26.0 Å². The van der Waals surface area contributed by atoms with Gasteiger partial charge in [-0.1, -0.05) is 38.8 Å². The molecule has 2 atom stereocenters. The summed E-state index contributed by atoms with van der Waals surface area (Å²) < 4.78 is 0. The second-order valence-corrected chi connectivity index (χ2v) is 8.83. The van der Waals surface area contributed by atoms with Crippen molar-refractivity contribution in [3.05, 3.63) is 35.4 Å². The van der Waals surface area contributed by atoms with Crippen molar-refractivity contribution in [2.45, 2.75) is 52.6 Å². The Kier molecular flexibility index (Phi) is 3.85. The lowest BCUT2D eigenvalue weighted by molar-refractivity contribution is -1.18. The number of hydrogen-bond acceptors (Lipinski definition) is 1. The van der Waals surface area contributed by atoms with Gasteiger partial charge in [0.15, 0.2) is 5.78 Å². The van der Waals surface area contributed by atoms with Crippen molar-refractivity contribution in [3.63, 3.8) is 0 Å². The summed E-state index contributed by atoms with van der Waals surface area (Å²) in [6, 6.07) is 9.27. The first-order chi connectivity index (χ1) is 11.5. The number of nitrogens with one attached hydrogen (secondary N) is 2. The van der Waals surface area contributed by atoms with Crippen LogP contribution in [0.2, 0.25) is 0 Å². The molecule has 4 bridgehead atoms. The van der Waals surface area contributed by atoms with E-state index in [9.17, 15) is 4.79 Å². The highest BCUT2D eigenvalue weighted by Crippen LogP contribution is 2.39. The number of Topliss-reactive ketones (excluding diaryl/α,β-unsaturated/α-hetero) is 1. The van der Waals surface area contributed by atoms with Crippen molar-refractivity contribution in [2.24, 2.45) is 10.8 Å². The van der Waals surface area contributed by atoms with Gasteiger partial charge in [-0.05, 0) is 37.5 Å². The number of unbranched alkanes of at least 4 members (excludes halogenated alkanes) is 1. The van der Waals surface area contributed by atoms with Crippen molar-refractivity contribution < 1.29 is 14.6 Å². The molecule has 0 aromatic heterocycles. The van der Waals surface area contributed by atoms with Gasteiger partial charge in [-0.2, -0.15) is 0 Å². The number of carbonyl (C=O) groups is 1. The Morgan fingerprint density at radius 2 is 1.67 bits per heavy atom. The minimum atomic E-state index is -0.0885. The summed E-state index contributed by atoms with van der Waals surface area (Å²) in [7, 11) is 0. The number of ketones is 1. The van der Waals surface area contributed by atoms with Crippen LogP contribution in [0, 0.1) is 10.8 Å². The average Bonchev–Trinajstić information content (AvgIpc) is 2.57. The second kappa shape index (κ2) is 5.67. The molecular formula is C21H32N2O+2. The molecule has 4 saturated heterocycles. The summed E-state index contributed by atoms with van der Waals surface area (Å²) in [5, 5.41) is 0. The maximum Gasteiger partial charge on any atom is 0.240 e. The van der Waals surface area contributed by atoms with Gasteiger partial charge in [-0.3, -0.25) is 14.6 Å². The number of aryl methyl sites for hydroxylation is 1. The van der Waals surface area contributed by atoms with E-state index >= 15 is 0 Å². The van der Waals surface area contributed by atoms with E-state index in [1.54, 1.807) is 9.80 Å². The molecule has 3 heteroatoms. The summed E-state index contributed by atoms with van der Waals surface area (Å²) >= 11 is 0. The van der Waals surface area contributed by atoms with Gasteiger partial charge in [-0.25, -0.2) is 0 Å². The molecule has 0 amide bonds. The Bertz CT molecular complexity index is 620. The van der Waals surface area contributed by atoms with Gasteiger partial charge in [0, 0.05) is 0 Å². The number of piperidine rings is 2. The predicted molar refractivity (Wildman–Crippen MR) is 95.0 cm³/mol. The van der Waals surface area contributed by atoms with Crippen LogP contribution in [-0.2, 0) is 11.2 Å². The fraction of sp³-hybridized carbons (Fsp3) is 0.667. The maximum absolute atomic E-state index is 13.2. The molecule has 0 saturated carbocycles. The molecule has 5 rings (SSSR count). The van der Waals surface area contributed by atoms with Gasteiger partial charge in [0.05, 0.1) is 18.7 Å². The monoisotopic (exact) mass is 328 g/mol. The lowest BCUT2D eigenvalue weighted by Crippen LogP contribution is -3.41. The van der Waals surface area contributed by atoms with Gasteiger partial charge in [0.25, 0.3) is 0 Å². The van der Waals surface area contributed by atoms with Gasteiger partial charge < -0.3 is 0 Å². The lowest BCUT2D eigenvalue weighted by Gasteiger charge is -2.59. The summed E-state index contributed by atoms with van der Waals surface area (Å²) in [4.78, 5) is 16.5. The predicted octanol–water partition coefficient (Wildman–Crippen LogP) is 0.810. The molecule has 0 aliphatic carbocycles. The zero-order valence-corrected chi connectivity index (χ0v) is 15.5. The molecule has 24 heavy (non-hydrogen) atoms. The van der Waals surface area contributed by atoms with Crippen molar-refractivity contribution in [2.75, 3.05) is 26.2 Å². The fourth-order valence-electron chi connectivity index (χ4n) is 6.00. The summed E-state index contributed by atoms with van der Waals surface area (Å²) in [5.41, 5.74) is 2.76. The third-order valence-corrected chi connectivity index (χ3v) is 6.94. The highest BCUT2D eigenvalue weighted by molar-refractivity contribution is 5.91. The van der Waals surface area contributed by atoms with Crippen LogP contribution >= 0.6 is 0 Å². The molecule has 4 fully saturated rings. The largest absolute Gasteiger partial charge is 0.297 e. The van der Waals surface area contributed by atoms with E-state index in [1.807, 2.05) is 0 Å². The lowest BCUT2D eigenvalue weighted by atomic mass is 9.59.